The first-order valence-corrected chi connectivity index (χ1v) is 7.03. The number of hydrogen-bond acceptors (Lipinski definition) is 2. The van der Waals surface area contributed by atoms with Crippen LogP contribution in [0.25, 0.3) is 0 Å². The third-order valence-electron chi connectivity index (χ3n) is 4.12. The molecule has 6 heteroatoms. The van der Waals surface area contributed by atoms with Crippen LogP contribution in [-0.4, -0.2) is 24.5 Å². The van der Waals surface area contributed by atoms with Gasteiger partial charge in [0.1, 0.15) is 11.9 Å². The van der Waals surface area contributed by atoms with E-state index >= 15 is 0 Å². The van der Waals surface area contributed by atoms with E-state index in [1.54, 1.807) is 19.1 Å². The standard InChI is InChI=1S/C15H20FN3O2/c1-10(19-14(17)21)13(20)18-9-15(7-2-8-15)11-3-5-12(16)6-4-11/h3-6,10H,2,7-9H2,1H3,(H,18,20)(H3,17,19,21). The molecule has 0 aliphatic heterocycles. The van der Waals surface area contributed by atoms with Crippen molar-refractivity contribution < 1.29 is 14.0 Å². The van der Waals surface area contributed by atoms with Crippen LogP contribution in [0.2, 0.25) is 0 Å². The Kier molecular flexibility index (Phi) is 4.45. The number of nitrogens with two attached hydrogens (primary N) is 1. The topological polar surface area (TPSA) is 84.2 Å². The van der Waals surface area contributed by atoms with Crippen molar-refractivity contribution in [3.63, 3.8) is 0 Å². The van der Waals surface area contributed by atoms with Gasteiger partial charge in [0.2, 0.25) is 5.91 Å². The largest absolute Gasteiger partial charge is 0.353 e. The van der Waals surface area contributed by atoms with Gasteiger partial charge in [-0.1, -0.05) is 18.6 Å². The van der Waals surface area contributed by atoms with Gasteiger partial charge in [0, 0.05) is 12.0 Å². The van der Waals surface area contributed by atoms with Crippen LogP contribution in [-0.2, 0) is 10.2 Å². The molecular formula is C15H20FN3O2. The molecule has 0 spiro atoms. The molecule has 114 valence electrons. The molecule has 0 radical (unpaired) electrons. The Balaban J connectivity index is 1.98. The van der Waals surface area contributed by atoms with Gasteiger partial charge in [-0.25, -0.2) is 9.18 Å². The van der Waals surface area contributed by atoms with Crippen molar-refractivity contribution in [3.05, 3.63) is 35.6 Å². The number of primary amides is 1. The number of urea groups is 1. The highest BCUT2D eigenvalue weighted by Gasteiger charge is 2.39. The number of hydrogen-bond donors (Lipinski definition) is 3. The predicted octanol–water partition coefficient (Wildman–Crippen LogP) is 1.42. The fraction of sp³-hybridized carbons (Fsp3) is 0.467. The van der Waals surface area contributed by atoms with Gasteiger partial charge in [-0.3, -0.25) is 4.79 Å². The van der Waals surface area contributed by atoms with Gasteiger partial charge in [0.25, 0.3) is 0 Å². The van der Waals surface area contributed by atoms with Gasteiger partial charge in [0.15, 0.2) is 0 Å². The van der Waals surface area contributed by atoms with Crippen molar-refractivity contribution in [2.24, 2.45) is 5.73 Å². The van der Waals surface area contributed by atoms with E-state index in [2.05, 4.69) is 10.6 Å². The number of amides is 3. The summed E-state index contributed by atoms with van der Waals surface area (Å²) in [7, 11) is 0. The van der Waals surface area contributed by atoms with E-state index in [1.165, 1.54) is 12.1 Å². The fourth-order valence-corrected chi connectivity index (χ4v) is 2.66. The molecule has 1 saturated carbocycles. The van der Waals surface area contributed by atoms with Crippen molar-refractivity contribution in [1.29, 1.82) is 0 Å². The Morgan fingerprint density at radius 1 is 1.33 bits per heavy atom. The van der Waals surface area contributed by atoms with Gasteiger partial charge in [-0.15, -0.1) is 0 Å². The van der Waals surface area contributed by atoms with Gasteiger partial charge >= 0.3 is 6.03 Å². The van der Waals surface area contributed by atoms with E-state index in [0.717, 1.165) is 24.8 Å². The summed E-state index contributed by atoms with van der Waals surface area (Å²) in [5, 5.41) is 5.18. The normalized spacial score (nSPS) is 17.4. The lowest BCUT2D eigenvalue weighted by Crippen LogP contribution is -2.51. The third kappa shape index (κ3) is 3.51. The smallest absolute Gasteiger partial charge is 0.312 e. The van der Waals surface area contributed by atoms with E-state index < -0.39 is 12.1 Å². The van der Waals surface area contributed by atoms with Crippen LogP contribution < -0.4 is 16.4 Å². The molecule has 1 aromatic carbocycles. The lowest BCUT2D eigenvalue weighted by molar-refractivity contribution is -0.123. The minimum absolute atomic E-state index is 0.129. The molecule has 21 heavy (non-hydrogen) atoms. The zero-order valence-electron chi connectivity index (χ0n) is 12.0. The summed E-state index contributed by atoms with van der Waals surface area (Å²) >= 11 is 0. The lowest BCUT2D eigenvalue weighted by atomic mass is 9.64. The highest BCUT2D eigenvalue weighted by atomic mass is 19.1. The van der Waals surface area contributed by atoms with Crippen LogP contribution in [0.15, 0.2) is 24.3 Å². The highest BCUT2D eigenvalue weighted by molar-refractivity contribution is 5.86. The summed E-state index contributed by atoms with van der Waals surface area (Å²) in [5.74, 6) is -0.543. The number of benzene rings is 1. The zero-order chi connectivity index (χ0) is 15.5. The van der Waals surface area contributed by atoms with Crippen molar-refractivity contribution in [2.75, 3.05) is 6.54 Å². The van der Waals surface area contributed by atoms with Gasteiger partial charge < -0.3 is 16.4 Å². The van der Waals surface area contributed by atoms with Crippen LogP contribution in [0, 0.1) is 5.82 Å². The van der Waals surface area contributed by atoms with Crippen molar-refractivity contribution in [3.8, 4) is 0 Å². The number of nitrogens with one attached hydrogen (secondary N) is 2. The maximum atomic E-state index is 13.0. The summed E-state index contributed by atoms with van der Waals surface area (Å²) in [6.07, 6.45) is 3.00. The second kappa shape index (κ2) is 6.11. The van der Waals surface area contributed by atoms with Crippen LogP contribution in [0.5, 0.6) is 0 Å². The second-order valence-electron chi connectivity index (χ2n) is 5.59. The summed E-state index contributed by atoms with van der Waals surface area (Å²) in [6.45, 7) is 2.05. The number of halogens is 1. The SMILES string of the molecule is CC(NC(N)=O)C(=O)NCC1(c2ccc(F)cc2)CCC1. The molecule has 4 N–H and O–H groups in total. The van der Waals surface area contributed by atoms with Crippen molar-refractivity contribution in [2.45, 2.75) is 37.6 Å². The summed E-state index contributed by atoms with van der Waals surface area (Å²) < 4.78 is 13.0. The Morgan fingerprint density at radius 2 is 1.95 bits per heavy atom. The monoisotopic (exact) mass is 293 g/mol. The molecule has 5 nitrogen and oxygen atoms in total. The van der Waals surface area contributed by atoms with Crippen LogP contribution >= 0.6 is 0 Å². The Hall–Kier alpha value is -2.11. The molecule has 1 fully saturated rings. The Morgan fingerprint density at radius 3 is 2.43 bits per heavy atom. The third-order valence-corrected chi connectivity index (χ3v) is 4.12. The average Bonchev–Trinajstić information content (AvgIpc) is 2.38. The molecule has 0 aromatic heterocycles. The molecule has 1 aromatic rings. The second-order valence-corrected chi connectivity index (χ2v) is 5.59. The summed E-state index contributed by atoms with van der Waals surface area (Å²) in [5.41, 5.74) is 5.89. The molecule has 0 saturated heterocycles. The predicted molar refractivity (Wildman–Crippen MR) is 77.1 cm³/mol. The van der Waals surface area contributed by atoms with Gasteiger partial charge in [0.05, 0.1) is 0 Å². The molecule has 1 atom stereocenters. The number of carbonyl (C=O) groups is 2. The summed E-state index contributed by atoms with van der Waals surface area (Å²) in [4.78, 5) is 22.6. The molecule has 0 bridgehead atoms. The minimum Gasteiger partial charge on any atom is -0.353 e. The van der Waals surface area contributed by atoms with Crippen molar-refractivity contribution in [1.82, 2.24) is 10.6 Å². The molecule has 2 rings (SSSR count). The maximum Gasteiger partial charge on any atom is 0.312 e. The first-order chi connectivity index (χ1) is 9.93. The first kappa shape index (κ1) is 15.3. The molecular weight excluding hydrogens is 273 g/mol. The van der Waals surface area contributed by atoms with E-state index in [9.17, 15) is 14.0 Å². The highest BCUT2D eigenvalue weighted by Crippen LogP contribution is 2.43. The van der Waals surface area contributed by atoms with Crippen LogP contribution in [0.3, 0.4) is 0 Å². The van der Waals surface area contributed by atoms with E-state index in [4.69, 9.17) is 5.73 Å². The molecule has 3 amide bonds. The summed E-state index contributed by atoms with van der Waals surface area (Å²) in [6, 6.07) is 5.02. The minimum atomic E-state index is -0.727. The first-order valence-electron chi connectivity index (χ1n) is 7.03. The maximum absolute atomic E-state index is 13.0. The molecule has 0 heterocycles. The molecule has 1 unspecified atom stereocenters. The van der Waals surface area contributed by atoms with Crippen molar-refractivity contribution >= 4 is 11.9 Å². The van der Waals surface area contributed by atoms with Crippen LogP contribution in [0.4, 0.5) is 9.18 Å². The Bertz CT molecular complexity index is 526. The van der Waals surface area contributed by atoms with E-state index in [1.807, 2.05) is 0 Å². The quantitative estimate of drug-likeness (QED) is 0.767. The van der Waals surface area contributed by atoms with Gasteiger partial charge in [-0.2, -0.15) is 0 Å². The molecule has 1 aliphatic carbocycles. The van der Waals surface area contributed by atoms with Crippen LogP contribution in [0.1, 0.15) is 31.7 Å². The Labute approximate surface area is 123 Å². The van der Waals surface area contributed by atoms with Gasteiger partial charge in [-0.05, 0) is 37.5 Å². The van der Waals surface area contributed by atoms with E-state index in [-0.39, 0.29) is 17.1 Å². The number of carbonyl (C=O) groups excluding carboxylic acids is 2. The fourth-order valence-electron chi connectivity index (χ4n) is 2.66. The lowest BCUT2D eigenvalue weighted by Gasteiger charge is -2.42. The zero-order valence-corrected chi connectivity index (χ0v) is 12.0. The average molecular weight is 293 g/mol. The molecule has 1 aliphatic rings. The number of rotatable bonds is 5. The van der Waals surface area contributed by atoms with E-state index in [0.29, 0.717) is 6.54 Å².